The number of benzene rings is 2. The Kier molecular flexibility index (Phi) is 4.15. The maximum absolute atomic E-state index is 13.3. The predicted molar refractivity (Wildman–Crippen MR) is 108 cm³/mol. The lowest BCUT2D eigenvalue weighted by Crippen LogP contribution is -2.26. The number of rotatable bonds is 3. The standard InChI is InChI=1S/C22H22N4O/c1-14-9-10-15(2)18(11-14)13-25-22(27)21-19(17(4)24-25)12-23-26(21)20-8-6-5-7-16(20)3/h5-12H,13H2,1-4H3. The monoisotopic (exact) mass is 358 g/mol. The molecule has 0 atom stereocenters. The normalized spacial score (nSPS) is 11.3. The van der Waals surface area contributed by atoms with Gasteiger partial charge in [0.25, 0.3) is 5.56 Å². The molecule has 0 unspecified atom stereocenters. The van der Waals surface area contributed by atoms with Gasteiger partial charge in [-0.2, -0.15) is 10.2 Å². The van der Waals surface area contributed by atoms with E-state index in [0.29, 0.717) is 12.1 Å². The fourth-order valence-corrected chi connectivity index (χ4v) is 3.44. The first-order chi connectivity index (χ1) is 13.0. The molecule has 27 heavy (non-hydrogen) atoms. The van der Waals surface area contributed by atoms with Crippen molar-refractivity contribution in [2.45, 2.75) is 34.2 Å². The van der Waals surface area contributed by atoms with Gasteiger partial charge in [-0.15, -0.1) is 0 Å². The Morgan fingerprint density at radius 2 is 1.74 bits per heavy atom. The molecule has 0 fully saturated rings. The van der Waals surface area contributed by atoms with Gasteiger partial charge in [0.1, 0.15) is 5.52 Å². The fourth-order valence-electron chi connectivity index (χ4n) is 3.44. The average Bonchev–Trinajstić information content (AvgIpc) is 3.08. The second-order valence-corrected chi connectivity index (χ2v) is 7.08. The Labute approximate surface area is 157 Å². The Bertz CT molecular complexity index is 1220. The van der Waals surface area contributed by atoms with Crippen LogP contribution < -0.4 is 5.56 Å². The Hall–Kier alpha value is -3.21. The molecule has 0 amide bonds. The molecule has 4 aromatic rings. The second kappa shape index (κ2) is 6.50. The molecule has 4 rings (SSSR count). The number of hydrogen-bond acceptors (Lipinski definition) is 3. The van der Waals surface area contributed by atoms with Gasteiger partial charge in [-0.3, -0.25) is 4.79 Å². The number of nitrogens with zero attached hydrogens (tertiary/aromatic N) is 4. The van der Waals surface area contributed by atoms with E-state index in [9.17, 15) is 4.79 Å². The first kappa shape index (κ1) is 17.2. The van der Waals surface area contributed by atoms with Crippen LogP contribution in [-0.2, 0) is 6.54 Å². The van der Waals surface area contributed by atoms with Crippen molar-refractivity contribution in [3.63, 3.8) is 0 Å². The van der Waals surface area contributed by atoms with Crippen LogP contribution in [0.2, 0.25) is 0 Å². The molecule has 0 saturated carbocycles. The second-order valence-electron chi connectivity index (χ2n) is 7.08. The van der Waals surface area contributed by atoms with Crippen molar-refractivity contribution in [2.24, 2.45) is 0 Å². The summed E-state index contributed by atoms with van der Waals surface area (Å²) in [6.07, 6.45) is 1.73. The highest BCUT2D eigenvalue weighted by Crippen LogP contribution is 2.20. The summed E-state index contributed by atoms with van der Waals surface area (Å²) in [6.45, 7) is 8.50. The average molecular weight is 358 g/mol. The lowest BCUT2D eigenvalue weighted by molar-refractivity contribution is 0.632. The predicted octanol–water partition coefficient (Wildman–Crippen LogP) is 3.86. The van der Waals surface area contributed by atoms with Gasteiger partial charge in [0, 0.05) is 5.39 Å². The molecule has 0 bridgehead atoms. The molecule has 2 heterocycles. The minimum absolute atomic E-state index is 0.128. The first-order valence-corrected chi connectivity index (χ1v) is 9.03. The third-order valence-electron chi connectivity index (χ3n) is 5.04. The van der Waals surface area contributed by atoms with Crippen LogP contribution in [0.3, 0.4) is 0 Å². The molecule has 0 saturated heterocycles. The lowest BCUT2D eigenvalue weighted by Gasteiger charge is -2.12. The molecular formula is C22H22N4O. The minimum atomic E-state index is -0.128. The van der Waals surface area contributed by atoms with Crippen LogP contribution in [0.5, 0.6) is 0 Å². The Morgan fingerprint density at radius 3 is 2.52 bits per heavy atom. The van der Waals surface area contributed by atoms with Crippen molar-refractivity contribution in [1.82, 2.24) is 19.6 Å². The molecule has 0 spiro atoms. The Balaban J connectivity index is 1.93. The number of fused-ring (bicyclic) bond motifs is 1. The van der Waals surface area contributed by atoms with Gasteiger partial charge in [-0.25, -0.2) is 9.36 Å². The quantitative estimate of drug-likeness (QED) is 0.559. The molecule has 0 aliphatic rings. The van der Waals surface area contributed by atoms with Gasteiger partial charge < -0.3 is 0 Å². The van der Waals surface area contributed by atoms with Gasteiger partial charge in [0.2, 0.25) is 0 Å². The van der Waals surface area contributed by atoms with Gasteiger partial charge in [-0.1, -0.05) is 42.0 Å². The van der Waals surface area contributed by atoms with E-state index in [2.05, 4.69) is 42.2 Å². The number of aromatic nitrogens is 4. The van der Waals surface area contributed by atoms with Gasteiger partial charge >= 0.3 is 0 Å². The SMILES string of the molecule is Cc1ccc(C)c(Cn2nc(C)c3cnn(-c4ccccc4C)c3c2=O)c1. The topological polar surface area (TPSA) is 52.7 Å². The molecule has 2 aromatic heterocycles. The summed E-state index contributed by atoms with van der Waals surface area (Å²) < 4.78 is 3.29. The number of aryl methyl sites for hydroxylation is 4. The molecule has 0 radical (unpaired) electrons. The summed E-state index contributed by atoms with van der Waals surface area (Å²) in [5.74, 6) is 0. The van der Waals surface area contributed by atoms with Crippen molar-refractivity contribution in [3.8, 4) is 5.69 Å². The van der Waals surface area contributed by atoms with Crippen LogP contribution in [0.15, 0.2) is 53.5 Å². The van der Waals surface area contributed by atoms with Crippen molar-refractivity contribution < 1.29 is 0 Å². The highest BCUT2D eigenvalue weighted by molar-refractivity contribution is 5.81. The van der Waals surface area contributed by atoms with Crippen LogP contribution in [0.1, 0.15) is 27.9 Å². The molecule has 0 aliphatic heterocycles. The van der Waals surface area contributed by atoms with Crippen molar-refractivity contribution in [3.05, 3.63) is 87.0 Å². The molecule has 0 N–H and O–H groups in total. The van der Waals surface area contributed by atoms with E-state index in [1.165, 1.54) is 5.56 Å². The van der Waals surface area contributed by atoms with E-state index in [4.69, 9.17) is 0 Å². The Morgan fingerprint density at radius 1 is 0.963 bits per heavy atom. The summed E-state index contributed by atoms with van der Waals surface area (Å²) in [6, 6.07) is 14.2. The highest BCUT2D eigenvalue weighted by Gasteiger charge is 2.16. The maximum atomic E-state index is 13.3. The summed E-state index contributed by atoms with van der Waals surface area (Å²) in [5, 5.41) is 9.83. The molecule has 136 valence electrons. The van der Waals surface area contributed by atoms with Crippen molar-refractivity contribution in [2.75, 3.05) is 0 Å². The van der Waals surface area contributed by atoms with Crippen molar-refractivity contribution >= 4 is 10.9 Å². The zero-order chi connectivity index (χ0) is 19.1. The van der Waals surface area contributed by atoms with Gasteiger partial charge in [0.05, 0.1) is 24.1 Å². The first-order valence-electron chi connectivity index (χ1n) is 9.03. The molecule has 2 aromatic carbocycles. The lowest BCUT2D eigenvalue weighted by atomic mass is 10.1. The van der Waals surface area contributed by atoms with Crippen LogP contribution in [-0.4, -0.2) is 19.6 Å². The zero-order valence-electron chi connectivity index (χ0n) is 16.0. The molecular weight excluding hydrogens is 336 g/mol. The van der Waals surface area contributed by atoms with Crippen molar-refractivity contribution in [1.29, 1.82) is 0 Å². The van der Waals surface area contributed by atoms with E-state index in [-0.39, 0.29) is 5.56 Å². The van der Waals surface area contributed by atoms with E-state index in [1.54, 1.807) is 15.6 Å². The fraction of sp³-hybridized carbons (Fsp3) is 0.227. The van der Waals surface area contributed by atoms with Crippen LogP contribution >= 0.6 is 0 Å². The number of hydrogen-bond donors (Lipinski definition) is 0. The summed E-state index contributed by atoms with van der Waals surface area (Å²) >= 11 is 0. The van der Waals surface area contributed by atoms with Gasteiger partial charge in [0.15, 0.2) is 0 Å². The van der Waals surface area contributed by atoms with E-state index in [0.717, 1.165) is 33.5 Å². The number of para-hydroxylation sites is 1. The van der Waals surface area contributed by atoms with Crippen LogP contribution in [0, 0.1) is 27.7 Å². The van der Waals surface area contributed by atoms with Crippen LogP contribution in [0.25, 0.3) is 16.6 Å². The smallest absolute Gasteiger partial charge is 0.265 e. The third kappa shape index (κ3) is 2.95. The van der Waals surface area contributed by atoms with E-state index < -0.39 is 0 Å². The summed E-state index contributed by atoms with van der Waals surface area (Å²) in [5.41, 5.74) is 6.65. The molecule has 5 heteroatoms. The zero-order valence-corrected chi connectivity index (χ0v) is 16.0. The summed E-state index contributed by atoms with van der Waals surface area (Å²) in [4.78, 5) is 13.3. The molecule has 5 nitrogen and oxygen atoms in total. The van der Waals surface area contributed by atoms with Gasteiger partial charge in [-0.05, 0) is 50.5 Å². The third-order valence-corrected chi connectivity index (χ3v) is 5.04. The van der Waals surface area contributed by atoms with E-state index in [1.807, 2.05) is 38.1 Å². The highest BCUT2D eigenvalue weighted by atomic mass is 16.1. The summed E-state index contributed by atoms with van der Waals surface area (Å²) in [7, 11) is 0. The van der Waals surface area contributed by atoms with Crippen LogP contribution in [0.4, 0.5) is 0 Å². The minimum Gasteiger partial charge on any atom is -0.265 e. The maximum Gasteiger partial charge on any atom is 0.293 e. The molecule has 0 aliphatic carbocycles. The largest absolute Gasteiger partial charge is 0.293 e. The van der Waals surface area contributed by atoms with E-state index >= 15 is 0 Å².